The molecule has 0 bridgehead atoms. The first-order valence-corrected chi connectivity index (χ1v) is 7.08. The van der Waals surface area contributed by atoms with Crippen molar-refractivity contribution in [3.8, 4) is 0 Å². The highest BCUT2D eigenvalue weighted by Crippen LogP contribution is 2.31. The molecule has 0 radical (unpaired) electrons. The van der Waals surface area contributed by atoms with Gasteiger partial charge in [-0.25, -0.2) is 4.98 Å². The fourth-order valence-corrected chi connectivity index (χ4v) is 2.75. The molecule has 0 spiro atoms. The number of aromatic nitrogens is 4. The molecule has 3 heterocycles. The van der Waals surface area contributed by atoms with Gasteiger partial charge in [0, 0.05) is 23.2 Å². The number of benzene rings is 1. The number of rotatable bonds is 1. The van der Waals surface area contributed by atoms with Crippen molar-refractivity contribution in [3.05, 3.63) is 47.5 Å². The third-order valence-electron chi connectivity index (χ3n) is 3.31. The van der Waals surface area contributed by atoms with E-state index < -0.39 is 0 Å². The molecule has 1 aromatic carbocycles. The maximum absolute atomic E-state index is 4.64. The van der Waals surface area contributed by atoms with Gasteiger partial charge in [-0.3, -0.25) is 9.97 Å². The van der Waals surface area contributed by atoms with Crippen molar-refractivity contribution >= 4 is 54.8 Å². The lowest BCUT2D eigenvalue weighted by atomic mass is 10.1. The first-order valence-electron chi connectivity index (χ1n) is 6.16. The number of aromatic amines is 1. The summed E-state index contributed by atoms with van der Waals surface area (Å²) in [5, 5.41) is 2.05. The van der Waals surface area contributed by atoms with E-state index in [0.717, 1.165) is 38.7 Å². The Morgan fingerprint density at radius 2 is 1.65 bits per heavy atom. The van der Waals surface area contributed by atoms with E-state index in [1.165, 1.54) is 0 Å². The maximum atomic E-state index is 4.64. The molecule has 0 fully saturated rings. The van der Waals surface area contributed by atoms with Gasteiger partial charge in [-0.05, 0) is 35.3 Å². The molecular formula is C15H9BrN4. The Balaban J connectivity index is 2.32. The fraction of sp³-hybridized carbons (Fsp3) is 0. The number of nitrogens with one attached hydrogen (secondary N) is 1. The van der Waals surface area contributed by atoms with Crippen LogP contribution < -0.4 is 0 Å². The Kier molecular flexibility index (Phi) is 2.53. The molecule has 0 atom stereocenters. The van der Waals surface area contributed by atoms with Gasteiger partial charge in [0.1, 0.15) is 5.82 Å². The molecular weight excluding hydrogens is 316 g/mol. The number of H-pyrrole nitrogens is 1. The summed E-state index contributed by atoms with van der Waals surface area (Å²) >= 11 is 3.28. The van der Waals surface area contributed by atoms with Crippen molar-refractivity contribution < 1.29 is 0 Å². The second-order valence-electron chi connectivity index (χ2n) is 4.44. The van der Waals surface area contributed by atoms with E-state index in [0.29, 0.717) is 0 Å². The zero-order valence-corrected chi connectivity index (χ0v) is 11.9. The number of pyridine rings is 2. The van der Waals surface area contributed by atoms with Crippen molar-refractivity contribution in [2.45, 2.75) is 0 Å². The van der Waals surface area contributed by atoms with Gasteiger partial charge in [0.25, 0.3) is 0 Å². The molecule has 4 aromatic rings. The molecule has 0 aliphatic rings. The molecule has 4 rings (SSSR count). The minimum Gasteiger partial charge on any atom is -0.338 e. The second kappa shape index (κ2) is 4.38. The van der Waals surface area contributed by atoms with Crippen LogP contribution in [0.4, 0.5) is 0 Å². The topological polar surface area (TPSA) is 54.5 Å². The number of nitrogens with zero attached hydrogens (tertiary/aromatic N) is 3. The van der Waals surface area contributed by atoms with Crippen molar-refractivity contribution in [3.63, 3.8) is 0 Å². The minimum atomic E-state index is 0.804. The number of hydrogen-bond acceptors (Lipinski definition) is 3. The van der Waals surface area contributed by atoms with Gasteiger partial charge >= 0.3 is 0 Å². The first kappa shape index (κ1) is 11.5. The van der Waals surface area contributed by atoms with E-state index in [9.17, 15) is 0 Å². The molecule has 0 aliphatic carbocycles. The Hall–Kier alpha value is -2.27. The normalized spacial score (nSPS) is 12.1. The third kappa shape index (κ3) is 1.56. The Morgan fingerprint density at radius 1 is 0.950 bits per heavy atom. The number of fused-ring (bicyclic) bond motifs is 6. The van der Waals surface area contributed by atoms with Crippen LogP contribution in [0.3, 0.4) is 0 Å². The minimum absolute atomic E-state index is 0.804. The molecule has 1 N–H and O–H groups in total. The van der Waals surface area contributed by atoms with Crippen molar-refractivity contribution in [1.29, 1.82) is 0 Å². The molecule has 3 aromatic heterocycles. The van der Waals surface area contributed by atoms with E-state index in [4.69, 9.17) is 0 Å². The van der Waals surface area contributed by atoms with Crippen LogP contribution in [0.15, 0.2) is 41.6 Å². The van der Waals surface area contributed by atoms with Gasteiger partial charge in [0.2, 0.25) is 0 Å². The maximum Gasteiger partial charge on any atom is 0.131 e. The Morgan fingerprint density at radius 3 is 2.40 bits per heavy atom. The number of hydrogen-bond donors (Lipinski definition) is 1. The van der Waals surface area contributed by atoms with Gasteiger partial charge < -0.3 is 4.98 Å². The van der Waals surface area contributed by atoms with E-state index >= 15 is 0 Å². The lowest BCUT2D eigenvalue weighted by Gasteiger charge is -2.03. The Bertz CT molecular complexity index is 899. The quantitative estimate of drug-likeness (QED) is 0.538. The van der Waals surface area contributed by atoms with Crippen molar-refractivity contribution in [2.75, 3.05) is 0 Å². The van der Waals surface area contributed by atoms with Crippen LogP contribution in [0, 0.1) is 0 Å². The van der Waals surface area contributed by atoms with Gasteiger partial charge in [0.15, 0.2) is 0 Å². The molecule has 0 saturated carbocycles. The molecule has 0 amide bonds. The molecule has 5 heteroatoms. The number of halogens is 1. The summed E-state index contributed by atoms with van der Waals surface area (Å²) < 4.78 is 0. The highest BCUT2D eigenvalue weighted by Gasteiger charge is 2.12. The zero-order valence-electron chi connectivity index (χ0n) is 10.3. The van der Waals surface area contributed by atoms with Crippen LogP contribution in [0.25, 0.3) is 38.9 Å². The average molecular weight is 325 g/mol. The summed E-state index contributed by atoms with van der Waals surface area (Å²) in [6, 6.07) is 7.92. The monoisotopic (exact) mass is 324 g/mol. The van der Waals surface area contributed by atoms with E-state index in [-0.39, 0.29) is 0 Å². The average Bonchev–Trinajstić information content (AvgIpc) is 2.92. The van der Waals surface area contributed by atoms with Crippen LogP contribution in [0.1, 0.15) is 5.82 Å². The standard InChI is InChI=1S/C15H9BrN4/c16-6-5-11-19-14-9-3-1-7-17-12(9)13-10(15(14)20-11)4-2-8-18-13/h1-8H,(H,19,20)/b6-5+. The molecule has 96 valence electrons. The summed E-state index contributed by atoms with van der Waals surface area (Å²) in [6.45, 7) is 0. The lowest BCUT2D eigenvalue weighted by molar-refractivity contribution is 1.30. The number of imidazole rings is 1. The SMILES string of the molecule is Br/C=C/c1nc2c3cccnc3c3ncccc3c2[nH]1. The fourth-order valence-electron chi connectivity index (χ4n) is 2.50. The van der Waals surface area contributed by atoms with Crippen LogP contribution in [0.5, 0.6) is 0 Å². The first-order chi connectivity index (χ1) is 9.88. The molecule has 4 nitrogen and oxygen atoms in total. The van der Waals surface area contributed by atoms with Crippen LogP contribution in [-0.4, -0.2) is 19.9 Å². The van der Waals surface area contributed by atoms with E-state index in [1.807, 2.05) is 30.3 Å². The summed E-state index contributed by atoms with van der Waals surface area (Å²) in [7, 11) is 0. The van der Waals surface area contributed by atoms with Crippen LogP contribution in [-0.2, 0) is 0 Å². The highest BCUT2D eigenvalue weighted by molar-refractivity contribution is 9.11. The molecule has 0 unspecified atom stereocenters. The largest absolute Gasteiger partial charge is 0.338 e. The lowest BCUT2D eigenvalue weighted by Crippen LogP contribution is -1.86. The summed E-state index contributed by atoms with van der Waals surface area (Å²) in [6.07, 6.45) is 5.45. The van der Waals surface area contributed by atoms with E-state index in [2.05, 4.69) is 35.9 Å². The van der Waals surface area contributed by atoms with Gasteiger partial charge in [-0.15, -0.1) is 0 Å². The van der Waals surface area contributed by atoms with Crippen LogP contribution in [0.2, 0.25) is 0 Å². The van der Waals surface area contributed by atoms with Crippen molar-refractivity contribution in [2.24, 2.45) is 0 Å². The summed E-state index contributed by atoms with van der Waals surface area (Å²) in [5.74, 6) is 0.804. The summed E-state index contributed by atoms with van der Waals surface area (Å²) in [5.41, 5.74) is 3.70. The van der Waals surface area contributed by atoms with Gasteiger partial charge in [-0.2, -0.15) is 0 Å². The summed E-state index contributed by atoms with van der Waals surface area (Å²) in [4.78, 5) is 18.7. The van der Waals surface area contributed by atoms with Gasteiger partial charge in [-0.1, -0.05) is 15.9 Å². The molecule has 0 saturated heterocycles. The van der Waals surface area contributed by atoms with Crippen LogP contribution >= 0.6 is 15.9 Å². The zero-order chi connectivity index (χ0) is 13.5. The molecule has 0 aliphatic heterocycles. The van der Waals surface area contributed by atoms with E-state index in [1.54, 1.807) is 17.4 Å². The molecule has 20 heavy (non-hydrogen) atoms. The smallest absolute Gasteiger partial charge is 0.131 e. The second-order valence-corrected chi connectivity index (χ2v) is 4.97. The highest BCUT2D eigenvalue weighted by atomic mass is 79.9. The predicted octanol–water partition coefficient (Wildman–Crippen LogP) is 4.02. The third-order valence-corrected chi connectivity index (χ3v) is 3.57. The Labute approximate surface area is 122 Å². The predicted molar refractivity (Wildman–Crippen MR) is 84.7 cm³/mol. The van der Waals surface area contributed by atoms with Crippen molar-refractivity contribution in [1.82, 2.24) is 19.9 Å². The van der Waals surface area contributed by atoms with Gasteiger partial charge in [0.05, 0.1) is 22.1 Å².